The second-order valence-electron chi connectivity index (χ2n) is 4.75. The van der Waals surface area contributed by atoms with Gasteiger partial charge < -0.3 is 5.32 Å². The molecular formula is C9H18N2O. The molecule has 1 aliphatic heterocycles. The highest BCUT2D eigenvalue weighted by Crippen LogP contribution is 2.22. The van der Waals surface area contributed by atoms with E-state index in [2.05, 4.69) is 10.2 Å². The van der Waals surface area contributed by atoms with Crippen molar-refractivity contribution in [2.24, 2.45) is 0 Å². The molecule has 0 atom stereocenters. The molecule has 1 aliphatic rings. The van der Waals surface area contributed by atoms with E-state index >= 15 is 0 Å². The fourth-order valence-electron chi connectivity index (χ4n) is 1.46. The first-order valence-corrected chi connectivity index (χ1v) is 4.29. The average molecular weight is 170 g/mol. The lowest BCUT2D eigenvalue weighted by atomic mass is 9.91. The monoisotopic (exact) mass is 170 g/mol. The molecule has 3 heteroatoms. The Labute approximate surface area is 74.1 Å². The standard InChI is InChI=1S/C9H18N2O/c1-8(2)6-11(5)9(3,4)7(12)10-8/h6H2,1-5H3,(H,10,12). The van der Waals surface area contributed by atoms with Crippen molar-refractivity contribution >= 4 is 5.91 Å². The summed E-state index contributed by atoms with van der Waals surface area (Å²) in [5, 5.41) is 3.00. The van der Waals surface area contributed by atoms with Crippen LogP contribution in [0.4, 0.5) is 0 Å². The third-order valence-corrected chi connectivity index (χ3v) is 2.59. The zero-order chi connectivity index (χ0) is 9.57. The van der Waals surface area contributed by atoms with Crippen LogP contribution in [0.25, 0.3) is 0 Å². The van der Waals surface area contributed by atoms with E-state index in [9.17, 15) is 4.79 Å². The molecule has 1 fully saturated rings. The van der Waals surface area contributed by atoms with Gasteiger partial charge in [0.25, 0.3) is 0 Å². The molecule has 70 valence electrons. The minimum absolute atomic E-state index is 0.0959. The summed E-state index contributed by atoms with van der Waals surface area (Å²) in [6, 6.07) is 0. The molecule has 0 aromatic carbocycles. The number of hydrogen-bond donors (Lipinski definition) is 1. The maximum absolute atomic E-state index is 11.6. The van der Waals surface area contributed by atoms with Gasteiger partial charge >= 0.3 is 0 Å². The summed E-state index contributed by atoms with van der Waals surface area (Å²) >= 11 is 0. The van der Waals surface area contributed by atoms with E-state index in [1.807, 2.05) is 34.7 Å². The Morgan fingerprint density at radius 2 is 1.83 bits per heavy atom. The minimum Gasteiger partial charge on any atom is -0.348 e. The summed E-state index contributed by atoms with van der Waals surface area (Å²) in [7, 11) is 1.99. The highest BCUT2D eigenvalue weighted by molar-refractivity contribution is 5.86. The Balaban J connectivity index is 2.85. The molecule has 0 aliphatic carbocycles. The molecule has 3 nitrogen and oxygen atoms in total. The number of rotatable bonds is 0. The van der Waals surface area contributed by atoms with E-state index < -0.39 is 0 Å². The fourth-order valence-corrected chi connectivity index (χ4v) is 1.46. The fraction of sp³-hybridized carbons (Fsp3) is 0.889. The summed E-state index contributed by atoms with van der Waals surface area (Å²) in [5.41, 5.74) is -0.461. The van der Waals surface area contributed by atoms with Crippen LogP contribution >= 0.6 is 0 Å². The lowest BCUT2D eigenvalue weighted by molar-refractivity contribution is -0.138. The summed E-state index contributed by atoms with van der Waals surface area (Å²) in [4.78, 5) is 13.7. The SMILES string of the molecule is CN1CC(C)(C)NC(=O)C1(C)C. The Morgan fingerprint density at radius 1 is 1.33 bits per heavy atom. The van der Waals surface area contributed by atoms with Gasteiger partial charge in [-0.15, -0.1) is 0 Å². The van der Waals surface area contributed by atoms with Crippen molar-refractivity contribution in [3.05, 3.63) is 0 Å². The first-order chi connectivity index (χ1) is 5.26. The highest BCUT2D eigenvalue weighted by Gasteiger charge is 2.41. The number of nitrogens with zero attached hydrogens (tertiary/aromatic N) is 1. The van der Waals surface area contributed by atoms with Crippen LogP contribution in [0, 0.1) is 0 Å². The van der Waals surface area contributed by atoms with Crippen LogP contribution in [0.3, 0.4) is 0 Å². The van der Waals surface area contributed by atoms with E-state index in [-0.39, 0.29) is 17.0 Å². The summed E-state index contributed by atoms with van der Waals surface area (Å²) in [6.45, 7) is 8.86. The Hall–Kier alpha value is -0.570. The van der Waals surface area contributed by atoms with Gasteiger partial charge in [0.2, 0.25) is 5.91 Å². The number of likely N-dealkylation sites (N-methyl/N-ethyl adjacent to an activating group) is 1. The number of hydrogen-bond acceptors (Lipinski definition) is 2. The molecule has 12 heavy (non-hydrogen) atoms. The lowest BCUT2D eigenvalue weighted by Crippen LogP contribution is -2.68. The zero-order valence-electron chi connectivity index (χ0n) is 8.56. The molecule has 0 radical (unpaired) electrons. The van der Waals surface area contributed by atoms with Crippen LogP contribution in [-0.2, 0) is 4.79 Å². The quantitative estimate of drug-likeness (QED) is 0.577. The van der Waals surface area contributed by atoms with Gasteiger partial charge in [-0.1, -0.05) is 0 Å². The van der Waals surface area contributed by atoms with Gasteiger partial charge in [0.15, 0.2) is 0 Å². The molecule has 0 aromatic heterocycles. The first-order valence-electron chi connectivity index (χ1n) is 4.29. The van der Waals surface area contributed by atoms with Gasteiger partial charge in [0.05, 0.1) is 5.54 Å². The number of carbonyl (C=O) groups is 1. The van der Waals surface area contributed by atoms with Crippen molar-refractivity contribution < 1.29 is 4.79 Å². The molecule has 1 amide bonds. The number of nitrogens with one attached hydrogen (secondary N) is 1. The first kappa shape index (κ1) is 9.52. The maximum Gasteiger partial charge on any atom is 0.240 e. The van der Waals surface area contributed by atoms with E-state index in [0.717, 1.165) is 6.54 Å². The summed E-state index contributed by atoms with van der Waals surface area (Å²) < 4.78 is 0. The van der Waals surface area contributed by atoms with E-state index in [0.29, 0.717) is 0 Å². The van der Waals surface area contributed by atoms with Gasteiger partial charge in [-0.2, -0.15) is 0 Å². The number of piperazine rings is 1. The van der Waals surface area contributed by atoms with Crippen molar-refractivity contribution in [1.29, 1.82) is 0 Å². The maximum atomic E-state index is 11.6. The third kappa shape index (κ3) is 1.46. The normalized spacial score (nSPS) is 28.2. The van der Waals surface area contributed by atoms with Crippen molar-refractivity contribution in [3.63, 3.8) is 0 Å². The molecule has 1 saturated heterocycles. The minimum atomic E-state index is -0.366. The van der Waals surface area contributed by atoms with Crippen LogP contribution in [0.2, 0.25) is 0 Å². The second kappa shape index (κ2) is 2.46. The summed E-state index contributed by atoms with van der Waals surface area (Å²) in [6.07, 6.45) is 0. The van der Waals surface area contributed by atoms with Crippen molar-refractivity contribution in [2.75, 3.05) is 13.6 Å². The van der Waals surface area contributed by atoms with Crippen molar-refractivity contribution in [2.45, 2.75) is 38.8 Å². The predicted molar refractivity (Wildman–Crippen MR) is 48.9 cm³/mol. The Bertz CT molecular complexity index is 209. The Kier molecular flexibility index (Phi) is 1.95. The molecule has 1 rings (SSSR count). The van der Waals surface area contributed by atoms with E-state index in [4.69, 9.17) is 0 Å². The molecule has 1 N–H and O–H groups in total. The van der Waals surface area contributed by atoms with E-state index in [1.165, 1.54) is 0 Å². The predicted octanol–water partition coefficient (Wildman–Crippen LogP) is 0.605. The van der Waals surface area contributed by atoms with Gasteiger partial charge in [0, 0.05) is 12.1 Å². The molecule has 1 heterocycles. The van der Waals surface area contributed by atoms with E-state index in [1.54, 1.807) is 0 Å². The molecular weight excluding hydrogens is 152 g/mol. The van der Waals surface area contributed by atoms with Gasteiger partial charge in [-0.3, -0.25) is 9.69 Å². The molecule has 0 aromatic rings. The third-order valence-electron chi connectivity index (χ3n) is 2.59. The Morgan fingerprint density at radius 3 is 2.25 bits per heavy atom. The number of carbonyl (C=O) groups excluding carboxylic acids is 1. The number of amides is 1. The molecule has 0 bridgehead atoms. The van der Waals surface area contributed by atoms with Crippen LogP contribution in [0.5, 0.6) is 0 Å². The molecule has 0 saturated carbocycles. The van der Waals surface area contributed by atoms with Crippen molar-refractivity contribution in [3.8, 4) is 0 Å². The van der Waals surface area contributed by atoms with Gasteiger partial charge in [0.1, 0.15) is 0 Å². The second-order valence-corrected chi connectivity index (χ2v) is 4.75. The van der Waals surface area contributed by atoms with Gasteiger partial charge in [-0.05, 0) is 34.7 Å². The topological polar surface area (TPSA) is 32.3 Å². The zero-order valence-corrected chi connectivity index (χ0v) is 8.56. The van der Waals surface area contributed by atoms with Crippen LogP contribution in [0.15, 0.2) is 0 Å². The summed E-state index contributed by atoms with van der Waals surface area (Å²) in [5.74, 6) is 0.112. The van der Waals surface area contributed by atoms with Gasteiger partial charge in [-0.25, -0.2) is 0 Å². The molecule has 0 spiro atoms. The van der Waals surface area contributed by atoms with Crippen molar-refractivity contribution in [1.82, 2.24) is 10.2 Å². The largest absolute Gasteiger partial charge is 0.348 e. The smallest absolute Gasteiger partial charge is 0.240 e. The average Bonchev–Trinajstić information content (AvgIpc) is 1.82. The lowest BCUT2D eigenvalue weighted by Gasteiger charge is -2.46. The van der Waals surface area contributed by atoms with Crippen LogP contribution < -0.4 is 5.32 Å². The van der Waals surface area contributed by atoms with Crippen LogP contribution in [0.1, 0.15) is 27.7 Å². The van der Waals surface area contributed by atoms with Crippen LogP contribution in [-0.4, -0.2) is 35.5 Å². The molecule has 0 unspecified atom stereocenters. The highest BCUT2D eigenvalue weighted by atomic mass is 16.2.